The van der Waals surface area contributed by atoms with Gasteiger partial charge in [-0.3, -0.25) is 0 Å². The van der Waals surface area contributed by atoms with Crippen molar-refractivity contribution in [1.29, 1.82) is 0 Å². The Kier molecular flexibility index (Phi) is 8.61. The molecule has 0 aromatic rings. The normalized spacial score (nSPS) is 13.4. The highest BCUT2D eigenvalue weighted by atomic mass is 28.5. The molecule has 104 valence electrons. The van der Waals surface area contributed by atoms with Crippen LogP contribution >= 0.6 is 0 Å². The lowest BCUT2D eigenvalue weighted by Crippen LogP contribution is -2.57. The van der Waals surface area contributed by atoms with Crippen molar-refractivity contribution in [3.8, 4) is 0 Å². The smallest absolute Gasteiger partial charge is 0.399 e. The first-order valence-electron chi connectivity index (χ1n) is 6.38. The van der Waals surface area contributed by atoms with E-state index >= 15 is 0 Å². The molecule has 0 bridgehead atoms. The van der Waals surface area contributed by atoms with Crippen LogP contribution in [-0.2, 0) is 16.5 Å². The van der Waals surface area contributed by atoms with E-state index in [-0.39, 0.29) is 0 Å². The third kappa shape index (κ3) is 8.61. The Morgan fingerprint density at radius 2 is 0.647 bits per heavy atom. The van der Waals surface area contributed by atoms with Gasteiger partial charge in [0.25, 0.3) is 0 Å². The lowest BCUT2D eigenvalue weighted by molar-refractivity contribution is 0.164. The van der Waals surface area contributed by atoms with Crippen molar-refractivity contribution in [3.05, 3.63) is 0 Å². The zero-order valence-corrected chi connectivity index (χ0v) is 18.1. The third-order valence-electron chi connectivity index (χ3n) is 1.52. The average molecular weight is 329 g/mol. The van der Waals surface area contributed by atoms with Crippen LogP contribution in [0.2, 0.25) is 52.4 Å². The summed E-state index contributed by atoms with van der Waals surface area (Å²) >= 11 is 0. The van der Waals surface area contributed by atoms with E-state index in [0.29, 0.717) is 0 Å². The molecule has 0 aliphatic rings. The van der Waals surface area contributed by atoms with Gasteiger partial charge < -0.3 is 16.5 Å². The molecule has 0 spiro atoms. The second-order valence-corrected chi connectivity index (χ2v) is 18.3. The maximum atomic E-state index is 6.09. The Morgan fingerprint density at radius 1 is 0.471 bits per heavy atom. The fraction of sp³-hybridized carbons (Fsp3) is 1.00. The molecule has 9 heteroatoms. The van der Waals surface area contributed by atoms with Gasteiger partial charge in [-0.2, -0.15) is 0 Å². The first kappa shape index (κ1) is 17.9. The summed E-state index contributed by atoms with van der Waals surface area (Å²) in [5, 5.41) is 0. The summed E-state index contributed by atoms with van der Waals surface area (Å²) in [5.74, 6) is 0. The Labute approximate surface area is 114 Å². The molecule has 0 aliphatic heterocycles. The van der Waals surface area contributed by atoms with Crippen LogP contribution in [0, 0.1) is 0 Å². The summed E-state index contributed by atoms with van der Waals surface area (Å²) in [5.41, 5.74) is 0. The van der Waals surface area contributed by atoms with Crippen LogP contribution in [0.15, 0.2) is 0 Å². The lowest BCUT2D eigenvalue weighted by Gasteiger charge is -2.35. The van der Waals surface area contributed by atoms with Crippen LogP contribution in [0.25, 0.3) is 0 Å². The van der Waals surface area contributed by atoms with Crippen molar-refractivity contribution >= 4 is 45.2 Å². The van der Waals surface area contributed by atoms with E-state index in [4.69, 9.17) is 16.5 Å². The van der Waals surface area contributed by atoms with Crippen molar-refractivity contribution < 1.29 is 16.5 Å². The first-order valence-corrected chi connectivity index (χ1v) is 19.1. The Hall–Kier alpha value is 0.924. The predicted molar refractivity (Wildman–Crippen MR) is 85.6 cm³/mol. The van der Waals surface area contributed by atoms with E-state index in [0.717, 1.165) is 0 Å². The molecule has 0 N–H and O–H groups in total. The topological polar surface area (TPSA) is 36.9 Å². The molecule has 0 saturated carbocycles. The molecule has 0 saturated heterocycles. The molecule has 0 unspecified atom stereocenters. The highest BCUT2D eigenvalue weighted by Crippen LogP contribution is 2.17. The maximum Gasteiger partial charge on any atom is 0.636 e. The minimum Gasteiger partial charge on any atom is -0.399 e. The van der Waals surface area contributed by atoms with Gasteiger partial charge in [-0.1, -0.05) is 0 Å². The summed E-state index contributed by atoms with van der Waals surface area (Å²) in [6.45, 7) is 17.1. The van der Waals surface area contributed by atoms with Gasteiger partial charge in [0.15, 0.2) is 36.2 Å². The van der Waals surface area contributed by atoms with E-state index in [1.165, 1.54) is 0 Å². The number of hydrogen-bond acceptors (Lipinski definition) is 4. The summed E-state index contributed by atoms with van der Waals surface area (Å²) < 4.78 is 24.3. The molecule has 0 aromatic carbocycles. The highest BCUT2D eigenvalue weighted by Gasteiger charge is 2.47. The van der Waals surface area contributed by atoms with Gasteiger partial charge >= 0.3 is 9.05 Å². The van der Waals surface area contributed by atoms with Gasteiger partial charge in [0.1, 0.15) is 0 Å². The van der Waals surface area contributed by atoms with Crippen LogP contribution in [-0.4, -0.2) is 45.2 Å². The minimum atomic E-state index is -2.80. The molecule has 0 atom stereocenters. The molecule has 0 heterocycles. The van der Waals surface area contributed by atoms with Gasteiger partial charge in [0.2, 0.25) is 0 Å². The Morgan fingerprint density at radius 3 is 0.765 bits per heavy atom. The van der Waals surface area contributed by atoms with Gasteiger partial charge in [-0.25, -0.2) is 0 Å². The number of rotatable bonds is 8. The first-order chi connectivity index (χ1) is 7.67. The number of hydrogen-bond donors (Lipinski definition) is 0. The predicted octanol–water partition coefficient (Wildman–Crippen LogP) is 1.42. The second-order valence-electron chi connectivity index (χ2n) is 5.17. The molecule has 4 nitrogen and oxygen atoms in total. The minimum absolute atomic E-state index is 1.22. The molecule has 0 aromatic heterocycles. The van der Waals surface area contributed by atoms with Gasteiger partial charge in [-0.05, 0) is 52.4 Å². The summed E-state index contributed by atoms with van der Waals surface area (Å²) in [6, 6.07) is 0. The van der Waals surface area contributed by atoms with Gasteiger partial charge in [0, 0.05) is 0 Å². The van der Waals surface area contributed by atoms with Crippen molar-refractivity contribution in [3.63, 3.8) is 0 Å². The van der Waals surface area contributed by atoms with Gasteiger partial charge in [-0.15, -0.1) is 0 Å². The standard InChI is InChI=1S/C8H28O4Si5/c1-13(2)9-17(10-14(3)4,11-15(5)6)12-16(7)8/h13-16H,1-8H3. The van der Waals surface area contributed by atoms with E-state index < -0.39 is 45.2 Å². The molecule has 0 fully saturated rings. The van der Waals surface area contributed by atoms with Crippen LogP contribution in [0.4, 0.5) is 0 Å². The third-order valence-corrected chi connectivity index (χ3v) is 13.7. The fourth-order valence-electron chi connectivity index (χ4n) is 1.32. The van der Waals surface area contributed by atoms with Crippen LogP contribution in [0.5, 0.6) is 0 Å². The lowest BCUT2D eigenvalue weighted by atomic mass is 11.9. The summed E-state index contributed by atoms with van der Waals surface area (Å²) in [4.78, 5) is 0. The quantitative estimate of drug-likeness (QED) is 0.632. The van der Waals surface area contributed by atoms with E-state index in [2.05, 4.69) is 52.4 Å². The van der Waals surface area contributed by atoms with Crippen molar-refractivity contribution in [1.82, 2.24) is 0 Å². The second kappa shape index (κ2) is 8.17. The maximum absolute atomic E-state index is 6.09. The fourth-order valence-corrected chi connectivity index (χ4v) is 14.9. The zero-order chi connectivity index (χ0) is 13.6. The molecule has 17 heavy (non-hydrogen) atoms. The van der Waals surface area contributed by atoms with Gasteiger partial charge in [0.05, 0.1) is 0 Å². The molecular weight excluding hydrogens is 301 g/mol. The summed E-state index contributed by atoms with van der Waals surface area (Å²) in [7, 11) is -7.68. The molecule has 0 rings (SSSR count). The van der Waals surface area contributed by atoms with Crippen molar-refractivity contribution in [2.45, 2.75) is 52.4 Å². The van der Waals surface area contributed by atoms with Crippen molar-refractivity contribution in [2.24, 2.45) is 0 Å². The van der Waals surface area contributed by atoms with Crippen LogP contribution < -0.4 is 0 Å². The van der Waals surface area contributed by atoms with Crippen molar-refractivity contribution in [2.75, 3.05) is 0 Å². The van der Waals surface area contributed by atoms with Crippen LogP contribution in [0.3, 0.4) is 0 Å². The molecular formula is C8H28O4Si5. The Balaban J connectivity index is 4.89. The zero-order valence-electron chi connectivity index (χ0n) is 12.4. The largest absolute Gasteiger partial charge is 0.636 e. The SMILES string of the molecule is C[SiH](C)O[Si](O[SiH](C)C)(O[SiH](C)C)O[SiH](C)C. The molecule has 0 aliphatic carbocycles. The van der Waals surface area contributed by atoms with Crippen LogP contribution in [0.1, 0.15) is 0 Å². The molecule has 0 radical (unpaired) electrons. The molecule has 0 amide bonds. The van der Waals surface area contributed by atoms with E-state index in [9.17, 15) is 0 Å². The highest BCUT2D eigenvalue weighted by molar-refractivity contribution is 6.80. The summed E-state index contributed by atoms with van der Waals surface area (Å²) in [6.07, 6.45) is 0. The van der Waals surface area contributed by atoms with E-state index in [1.807, 2.05) is 0 Å². The Bertz CT molecular complexity index is 167. The monoisotopic (exact) mass is 328 g/mol. The van der Waals surface area contributed by atoms with E-state index in [1.54, 1.807) is 0 Å². The average Bonchev–Trinajstić information content (AvgIpc) is 1.95.